The van der Waals surface area contributed by atoms with E-state index in [1.807, 2.05) is 11.7 Å². The third-order valence-electron chi connectivity index (χ3n) is 3.23. The van der Waals surface area contributed by atoms with Crippen LogP contribution in [0.5, 0.6) is 0 Å². The maximum atomic E-state index is 6.20. The van der Waals surface area contributed by atoms with E-state index in [4.69, 9.17) is 11.6 Å². The van der Waals surface area contributed by atoms with Crippen LogP contribution in [0.15, 0.2) is 6.20 Å². The summed E-state index contributed by atoms with van der Waals surface area (Å²) in [5.41, 5.74) is 1.09. The van der Waals surface area contributed by atoms with E-state index < -0.39 is 0 Å². The first-order valence-electron chi connectivity index (χ1n) is 5.89. The number of hydrogen-bond acceptors (Lipinski definition) is 2. The first-order chi connectivity index (χ1) is 7.49. The molecule has 92 valence electrons. The average Bonchev–Trinajstić information content (AvgIpc) is 2.55. The fourth-order valence-corrected chi connectivity index (χ4v) is 2.19. The largest absolute Gasteiger partial charge is 0.309 e. The van der Waals surface area contributed by atoms with Gasteiger partial charge in [-0.05, 0) is 18.4 Å². The van der Waals surface area contributed by atoms with Crippen LogP contribution in [0.4, 0.5) is 0 Å². The maximum Gasteiger partial charge on any atom is 0.0834 e. The maximum absolute atomic E-state index is 6.20. The van der Waals surface area contributed by atoms with Gasteiger partial charge in [-0.3, -0.25) is 4.68 Å². The molecule has 2 atom stereocenters. The molecule has 4 heteroatoms. The SMILES string of the molecule is CCNC(c1c(Cl)cnn1C)C(C)C(C)C. The minimum Gasteiger partial charge on any atom is -0.309 e. The van der Waals surface area contributed by atoms with E-state index in [1.165, 1.54) is 0 Å². The minimum atomic E-state index is 0.269. The Morgan fingerprint density at radius 2 is 2.06 bits per heavy atom. The van der Waals surface area contributed by atoms with Gasteiger partial charge in [0.05, 0.1) is 23.0 Å². The van der Waals surface area contributed by atoms with Gasteiger partial charge in [0.15, 0.2) is 0 Å². The Bertz CT molecular complexity index is 314. The minimum absolute atomic E-state index is 0.269. The second-order valence-electron chi connectivity index (χ2n) is 4.64. The molecule has 0 fully saturated rings. The lowest BCUT2D eigenvalue weighted by atomic mass is 9.88. The van der Waals surface area contributed by atoms with Gasteiger partial charge in [-0.1, -0.05) is 39.3 Å². The summed E-state index contributed by atoms with van der Waals surface area (Å²) in [6.45, 7) is 9.77. The van der Waals surface area contributed by atoms with Gasteiger partial charge >= 0.3 is 0 Å². The van der Waals surface area contributed by atoms with Crippen LogP contribution in [0.2, 0.25) is 5.02 Å². The molecule has 0 amide bonds. The molecule has 3 nitrogen and oxygen atoms in total. The molecule has 0 bridgehead atoms. The summed E-state index contributed by atoms with van der Waals surface area (Å²) in [5, 5.41) is 8.46. The Morgan fingerprint density at radius 1 is 1.44 bits per heavy atom. The fourth-order valence-electron chi connectivity index (χ4n) is 1.91. The zero-order valence-corrected chi connectivity index (χ0v) is 11.5. The highest BCUT2D eigenvalue weighted by molar-refractivity contribution is 6.31. The molecule has 16 heavy (non-hydrogen) atoms. The van der Waals surface area contributed by atoms with Gasteiger partial charge in [0.1, 0.15) is 0 Å². The Morgan fingerprint density at radius 3 is 2.44 bits per heavy atom. The normalized spacial score (nSPS) is 15.4. The van der Waals surface area contributed by atoms with Crippen LogP contribution < -0.4 is 5.32 Å². The van der Waals surface area contributed by atoms with Crippen LogP contribution in [0.25, 0.3) is 0 Å². The van der Waals surface area contributed by atoms with E-state index in [2.05, 4.69) is 38.1 Å². The van der Waals surface area contributed by atoms with E-state index in [1.54, 1.807) is 6.20 Å². The predicted octanol–water partition coefficient (Wildman–Crippen LogP) is 3.02. The van der Waals surface area contributed by atoms with Crippen molar-refractivity contribution in [2.45, 2.75) is 33.7 Å². The van der Waals surface area contributed by atoms with Gasteiger partial charge in [-0.15, -0.1) is 0 Å². The molecular formula is C12H22ClN3. The van der Waals surface area contributed by atoms with Crippen LogP contribution in [-0.2, 0) is 7.05 Å². The summed E-state index contributed by atoms with van der Waals surface area (Å²) in [7, 11) is 1.94. The fraction of sp³-hybridized carbons (Fsp3) is 0.750. The van der Waals surface area contributed by atoms with Gasteiger partial charge < -0.3 is 5.32 Å². The second-order valence-corrected chi connectivity index (χ2v) is 5.05. The van der Waals surface area contributed by atoms with E-state index in [0.29, 0.717) is 11.8 Å². The first-order valence-corrected chi connectivity index (χ1v) is 6.27. The van der Waals surface area contributed by atoms with Crippen molar-refractivity contribution in [3.05, 3.63) is 16.9 Å². The summed E-state index contributed by atoms with van der Waals surface area (Å²) in [5.74, 6) is 1.13. The molecule has 0 aromatic carbocycles. The van der Waals surface area contributed by atoms with Crippen LogP contribution >= 0.6 is 11.6 Å². The van der Waals surface area contributed by atoms with Crippen molar-refractivity contribution in [1.29, 1.82) is 0 Å². The lowest BCUT2D eigenvalue weighted by Gasteiger charge is -2.28. The van der Waals surface area contributed by atoms with Gasteiger partial charge in [-0.2, -0.15) is 5.10 Å². The van der Waals surface area contributed by atoms with Crippen LogP contribution in [0.1, 0.15) is 39.4 Å². The van der Waals surface area contributed by atoms with Crippen LogP contribution in [0, 0.1) is 11.8 Å². The quantitative estimate of drug-likeness (QED) is 0.862. The summed E-state index contributed by atoms with van der Waals surface area (Å²) >= 11 is 6.20. The first kappa shape index (κ1) is 13.5. The molecule has 0 spiro atoms. The summed E-state index contributed by atoms with van der Waals surface area (Å²) in [6, 6.07) is 0.269. The van der Waals surface area contributed by atoms with Crippen molar-refractivity contribution in [3.63, 3.8) is 0 Å². The topological polar surface area (TPSA) is 29.9 Å². The van der Waals surface area contributed by atoms with Crippen molar-refractivity contribution in [2.75, 3.05) is 6.54 Å². The molecule has 0 radical (unpaired) electrons. The van der Waals surface area contributed by atoms with Gasteiger partial charge in [0.25, 0.3) is 0 Å². The third-order valence-corrected chi connectivity index (χ3v) is 3.52. The molecular weight excluding hydrogens is 222 g/mol. The van der Waals surface area contributed by atoms with Crippen molar-refractivity contribution >= 4 is 11.6 Å². The van der Waals surface area contributed by atoms with Gasteiger partial charge in [0, 0.05) is 7.05 Å². The summed E-state index contributed by atoms with van der Waals surface area (Å²) in [6.07, 6.45) is 1.72. The smallest absolute Gasteiger partial charge is 0.0834 e. The van der Waals surface area contributed by atoms with Crippen molar-refractivity contribution in [1.82, 2.24) is 15.1 Å². The second kappa shape index (κ2) is 5.69. The zero-order valence-electron chi connectivity index (χ0n) is 10.8. The van der Waals surface area contributed by atoms with Gasteiger partial charge in [-0.25, -0.2) is 0 Å². The van der Waals surface area contributed by atoms with E-state index in [0.717, 1.165) is 17.3 Å². The zero-order chi connectivity index (χ0) is 12.3. The predicted molar refractivity (Wildman–Crippen MR) is 68.6 cm³/mol. The summed E-state index contributed by atoms with van der Waals surface area (Å²) < 4.78 is 1.87. The van der Waals surface area contributed by atoms with Gasteiger partial charge in [0.2, 0.25) is 0 Å². The van der Waals surface area contributed by atoms with Crippen LogP contribution in [0.3, 0.4) is 0 Å². The lowest BCUT2D eigenvalue weighted by molar-refractivity contribution is 0.296. The van der Waals surface area contributed by atoms with E-state index >= 15 is 0 Å². The number of halogens is 1. The number of aryl methyl sites for hydroxylation is 1. The molecule has 1 heterocycles. The highest BCUT2D eigenvalue weighted by atomic mass is 35.5. The molecule has 1 rings (SSSR count). The van der Waals surface area contributed by atoms with E-state index in [9.17, 15) is 0 Å². The molecule has 1 N–H and O–H groups in total. The molecule has 0 saturated carbocycles. The monoisotopic (exact) mass is 243 g/mol. The van der Waals surface area contributed by atoms with Crippen molar-refractivity contribution in [3.8, 4) is 0 Å². The Labute approximate surface area is 103 Å². The molecule has 0 aliphatic rings. The average molecular weight is 244 g/mol. The van der Waals surface area contributed by atoms with Crippen LogP contribution in [-0.4, -0.2) is 16.3 Å². The third kappa shape index (κ3) is 2.77. The number of nitrogens with zero attached hydrogens (tertiary/aromatic N) is 2. The number of rotatable bonds is 5. The Balaban J connectivity index is 3.02. The van der Waals surface area contributed by atoms with Crippen molar-refractivity contribution < 1.29 is 0 Å². The van der Waals surface area contributed by atoms with E-state index in [-0.39, 0.29) is 6.04 Å². The standard InChI is InChI=1S/C12H22ClN3/c1-6-14-11(9(4)8(2)3)12-10(13)7-15-16(12)5/h7-9,11,14H,6H2,1-5H3. The Hall–Kier alpha value is -0.540. The molecule has 1 aromatic heterocycles. The number of aromatic nitrogens is 2. The lowest BCUT2D eigenvalue weighted by Crippen LogP contribution is -2.31. The number of nitrogens with one attached hydrogen (secondary N) is 1. The Kier molecular flexibility index (Phi) is 4.81. The molecule has 0 aliphatic carbocycles. The van der Waals surface area contributed by atoms with Crippen molar-refractivity contribution in [2.24, 2.45) is 18.9 Å². The molecule has 0 aliphatic heterocycles. The highest BCUT2D eigenvalue weighted by Gasteiger charge is 2.25. The number of hydrogen-bond donors (Lipinski definition) is 1. The molecule has 2 unspecified atom stereocenters. The molecule has 1 aromatic rings. The molecule has 0 saturated heterocycles. The summed E-state index contributed by atoms with van der Waals surface area (Å²) in [4.78, 5) is 0. The highest BCUT2D eigenvalue weighted by Crippen LogP contribution is 2.31.